The lowest BCUT2D eigenvalue weighted by atomic mass is 10.0. The summed E-state index contributed by atoms with van der Waals surface area (Å²) in [7, 11) is -9.90. The smallest absolute Gasteiger partial charge is 0.462 e. The third-order valence-electron chi connectivity index (χ3n) is 16.1. The maximum Gasteiger partial charge on any atom is 0.472 e. The number of carbonyl (C=O) groups excluding carboxylic acids is 4. The predicted molar refractivity (Wildman–Crippen MR) is 358 cm³/mol. The summed E-state index contributed by atoms with van der Waals surface area (Å²) in [5.74, 6) is 0.810. The van der Waals surface area contributed by atoms with Gasteiger partial charge >= 0.3 is 39.5 Å². The Balaban J connectivity index is 5.24. The molecule has 0 aromatic heterocycles. The first-order valence-electron chi connectivity index (χ1n) is 36.2. The Morgan fingerprint density at radius 2 is 0.472 bits per heavy atom. The highest BCUT2D eigenvalue weighted by molar-refractivity contribution is 7.47. The molecule has 0 saturated heterocycles. The zero-order valence-electron chi connectivity index (χ0n) is 58.1. The maximum absolute atomic E-state index is 13.0. The van der Waals surface area contributed by atoms with Crippen molar-refractivity contribution >= 4 is 39.5 Å². The molecule has 89 heavy (non-hydrogen) atoms. The summed E-state index contributed by atoms with van der Waals surface area (Å²) in [6.45, 7) is 14.0. The second-order valence-electron chi connectivity index (χ2n) is 27.2. The van der Waals surface area contributed by atoms with E-state index in [4.69, 9.17) is 37.0 Å². The first kappa shape index (κ1) is 87.1. The number of ether oxygens (including phenoxy) is 4. The van der Waals surface area contributed by atoms with Crippen LogP contribution in [0.2, 0.25) is 0 Å². The van der Waals surface area contributed by atoms with Gasteiger partial charge in [-0.05, 0) is 49.4 Å². The average Bonchev–Trinajstić information content (AvgIpc) is 3.70. The van der Waals surface area contributed by atoms with Gasteiger partial charge in [0.05, 0.1) is 26.4 Å². The van der Waals surface area contributed by atoms with Crippen molar-refractivity contribution in [3.8, 4) is 0 Å². The van der Waals surface area contributed by atoms with Gasteiger partial charge in [-0.1, -0.05) is 293 Å². The van der Waals surface area contributed by atoms with Gasteiger partial charge in [-0.2, -0.15) is 0 Å². The zero-order chi connectivity index (χ0) is 66.1. The SMILES string of the molecule is CC(C)CCCCCCCCCCCCCCC(=O)OC[C@H](COP(=O)(O)OCC(O)COP(=O)(O)OC[C@@H](COC(=O)CCCCCCCCCCC(C)C)OC(=O)CCCCCCCCC(C)C)OC(=O)CCCCCCCCCCCCCC(C)C. The number of phosphoric ester groups is 2. The lowest BCUT2D eigenvalue weighted by molar-refractivity contribution is -0.161. The average molecular weight is 1310 g/mol. The Bertz CT molecular complexity index is 1760. The number of hydrogen-bond acceptors (Lipinski definition) is 15. The van der Waals surface area contributed by atoms with Crippen LogP contribution in [0.15, 0.2) is 0 Å². The molecule has 3 N–H and O–H groups in total. The third-order valence-corrected chi connectivity index (χ3v) is 18.0. The van der Waals surface area contributed by atoms with Crippen molar-refractivity contribution in [2.24, 2.45) is 23.7 Å². The number of phosphoric acid groups is 2. The van der Waals surface area contributed by atoms with Gasteiger partial charge in [-0.15, -0.1) is 0 Å². The first-order valence-corrected chi connectivity index (χ1v) is 39.2. The Hall–Kier alpha value is -1.94. The van der Waals surface area contributed by atoms with Crippen LogP contribution in [0.5, 0.6) is 0 Å². The molecular weight excluding hydrogens is 1170 g/mol. The van der Waals surface area contributed by atoms with Crippen molar-refractivity contribution < 1.29 is 80.2 Å². The highest BCUT2D eigenvalue weighted by Gasteiger charge is 2.30. The Kier molecular flexibility index (Phi) is 58.5. The van der Waals surface area contributed by atoms with Crippen molar-refractivity contribution in [3.63, 3.8) is 0 Å². The summed E-state index contributed by atoms with van der Waals surface area (Å²) >= 11 is 0. The zero-order valence-corrected chi connectivity index (χ0v) is 59.8. The molecule has 0 aliphatic heterocycles. The van der Waals surface area contributed by atoms with Crippen molar-refractivity contribution in [1.82, 2.24) is 0 Å². The number of carbonyl (C=O) groups is 4. The molecule has 17 nitrogen and oxygen atoms in total. The molecule has 0 saturated carbocycles. The van der Waals surface area contributed by atoms with E-state index in [0.29, 0.717) is 31.6 Å². The molecule has 0 rings (SSSR count). The largest absolute Gasteiger partial charge is 0.472 e. The first-order chi connectivity index (χ1) is 42.6. The third kappa shape index (κ3) is 64.6. The monoisotopic (exact) mass is 1310 g/mol. The number of rotatable bonds is 67. The van der Waals surface area contributed by atoms with Crippen LogP contribution in [0, 0.1) is 23.7 Å². The molecule has 0 aromatic rings. The molecule has 5 atom stereocenters. The fourth-order valence-electron chi connectivity index (χ4n) is 10.5. The van der Waals surface area contributed by atoms with Gasteiger partial charge in [0.2, 0.25) is 0 Å². The highest BCUT2D eigenvalue weighted by atomic mass is 31.2. The van der Waals surface area contributed by atoms with Crippen molar-refractivity contribution in [2.75, 3.05) is 39.6 Å². The van der Waals surface area contributed by atoms with E-state index < -0.39 is 97.5 Å². The van der Waals surface area contributed by atoms with Crippen molar-refractivity contribution in [1.29, 1.82) is 0 Å². The highest BCUT2D eigenvalue weighted by Crippen LogP contribution is 2.45. The normalized spacial score (nSPS) is 14.3. The fourth-order valence-corrected chi connectivity index (χ4v) is 12.1. The van der Waals surface area contributed by atoms with E-state index in [-0.39, 0.29) is 25.7 Å². The van der Waals surface area contributed by atoms with E-state index in [1.54, 1.807) is 0 Å². The minimum atomic E-state index is -4.95. The number of aliphatic hydroxyl groups excluding tert-OH is 1. The quantitative estimate of drug-likeness (QED) is 0.0222. The van der Waals surface area contributed by atoms with Gasteiger partial charge in [-0.25, -0.2) is 9.13 Å². The van der Waals surface area contributed by atoms with Crippen molar-refractivity contribution in [3.05, 3.63) is 0 Å². The molecule has 0 spiro atoms. The van der Waals surface area contributed by atoms with E-state index in [9.17, 15) is 43.2 Å². The number of aliphatic hydroxyl groups is 1. The van der Waals surface area contributed by atoms with Crippen LogP contribution < -0.4 is 0 Å². The van der Waals surface area contributed by atoms with Crippen LogP contribution in [-0.4, -0.2) is 96.7 Å². The summed E-state index contributed by atoms with van der Waals surface area (Å²) in [5, 5.41) is 10.6. The van der Waals surface area contributed by atoms with Crippen LogP contribution in [0.3, 0.4) is 0 Å². The molecule has 0 aromatic carbocycles. The molecular formula is C70H136O17P2. The Morgan fingerprint density at radius 3 is 0.697 bits per heavy atom. The lowest BCUT2D eigenvalue weighted by Gasteiger charge is -2.21. The predicted octanol–water partition coefficient (Wildman–Crippen LogP) is 19.7. The molecule has 0 amide bonds. The van der Waals surface area contributed by atoms with Gasteiger partial charge < -0.3 is 33.8 Å². The fraction of sp³-hybridized carbons (Fsp3) is 0.943. The second-order valence-corrected chi connectivity index (χ2v) is 30.1. The number of esters is 4. The second kappa shape index (κ2) is 59.8. The molecule has 0 heterocycles. The molecule has 528 valence electrons. The van der Waals surface area contributed by atoms with E-state index in [1.807, 2.05) is 0 Å². The van der Waals surface area contributed by atoms with Crippen LogP contribution >= 0.6 is 15.6 Å². The van der Waals surface area contributed by atoms with Gasteiger partial charge in [0.25, 0.3) is 0 Å². The van der Waals surface area contributed by atoms with Gasteiger partial charge in [0.1, 0.15) is 19.3 Å². The van der Waals surface area contributed by atoms with Crippen LogP contribution in [-0.2, 0) is 65.4 Å². The molecule has 0 fully saturated rings. The van der Waals surface area contributed by atoms with E-state index in [1.165, 1.54) is 148 Å². The molecule has 0 radical (unpaired) electrons. The minimum absolute atomic E-state index is 0.101. The van der Waals surface area contributed by atoms with Gasteiger partial charge in [0, 0.05) is 25.7 Å². The summed E-state index contributed by atoms with van der Waals surface area (Å²) in [5.41, 5.74) is 0. The van der Waals surface area contributed by atoms with Crippen LogP contribution in [0.4, 0.5) is 0 Å². The molecule has 0 aliphatic carbocycles. The van der Waals surface area contributed by atoms with Gasteiger partial charge in [-0.3, -0.25) is 37.3 Å². The Labute approximate surface area is 543 Å². The lowest BCUT2D eigenvalue weighted by Crippen LogP contribution is -2.30. The Morgan fingerprint density at radius 1 is 0.281 bits per heavy atom. The summed E-state index contributed by atoms with van der Waals surface area (Å²) in [6, 6.07) is 0. The summed E-state index contributed by atoms with van der Waals surface area (Å²) < 4.78 is 68.2. The maximum atomic E-state index is 13.0. The van der Waals surface area contributed by atoms with Crippen molar-refractivity contribution in [2.45, 2.75) is 363 Å². The van der Waals surface area contributed by atoms with Gasteiger partial charge in [0.15, 0.2) is 12.2 Å². The molecule has 3 unspecified atom stereocenters. The van der Waals surface area contributed by atoms with Crippen LogP contribution in [0.25, 0.3) is 0 Å². The van der Waals surface area contributed by atoms with E-state index in [2.05, 4.69) is 55.4 Å². The summed E-state index contributed by atoms with van der Waals surface area (Å²) in [6.07, 6.45) is 41.9. The van der Waals surface area contributed by atoms with E-state index >= 15 is 0 Å². The summed E-state index contributed by atoms with van der Waals surface area (Å²) in [4.78, 5) is 72.5. The van der Waals surface area contributed by atoms with Crippen LogP contribution in [0.1, 0.15) is 344 Å². The molecule has 0 bridgehead atoms. The standard InChI is InChI=1S/C70H136O17P2/c1-60(2)46-38-30-22-16-12-9-10-14-18-25-34-42-50-67(72)80-56-65(86-69(74)52-44-36-27-19-15-11-13-17-23-31-39-47-61(3)4)58-84-88(76,77)82-54-64(71)55-83-89(78,79)85-59-66(87-70(75)53-45-37-29-28-33-41-49-63(7)8)57-81-68(73)51-43-35-26-21-20-24-32-40-48-62(5)6/h60-66,71H,9-59H2,1-8H3,(H,76,77)(H,78,79)/t64?,65-,66-/m1/s1. The molecule has 19 heteroatoms. The topological polar surface area (TPSA) is 237 Å². The molecule has 0 aliphatic rings. The number of hydrogen-bond donors (Lipinski definition) is 3. The number of unbranched alkanes of at least 4 members (excludes halogenated alkanes) is 33. The van der Waals surface area contributed by atoms with E-state index in [0.717, 1.165) is 108 Å². The minimum Gasteiger partial charge on any atom is -0.462 e.